The van der Waals surface area contributed by atoms with Gasteiger partial charge in [-0.2, -0.15) is 0 Å². The van der Waals surface area contributed by atoms with Crippen molar-refractivity contribution in [1.29, 1.82) is 0 Å². The van der Waals surface area contributed by atoms with E-state index in [0.717, 1.165) is 10.0 Å². The number of rotatable bonds is 6. The summed E-state index contributed by atoms with van der Waals surface area (Å²) >= 11 is 9.78. The maximum Gasteiger partial charge on any atom is 0.326 e. The van der Waals surface area contributed by atoms with Gasteiger partial charge >= 0.3 is 6.03 Å². The zero-order valence-corrected chi connectivity index (χ0v) is 16.7. The van der Waals surface area contributed by atoms with Crippen LogP contribution in [0.1, 0.15) is 18.1 Å². The van der Waals surface area contributed by atoms with E-state index in [4.69, 9.17) is 21.1 Å². The topological polar surface area (TPSA) is 76.7 Å². The van der Waals surface area contributed by atoms with Crippen molar-refractivity contribution in [2.45, 2.75) is 13.5 Å². The van der Waals surface area contributed by atoms with Crippen LogP contribution >= 0.6 is 27.5 Å². The predicted molar refractivity (Wildman–Crippen MR) is 106 cm³/mol. The molecule has 0 radical (unpaired) electrons. The second-order valence-corrected chi connectivity index (χ2v) is 6.97. The predicted octanol–water partition coefficient (Wildman–Crippen LogP) is 4.26. The Morgan fingerprint density at radius 1 is 1.11 bits per heavy atom. The first-order valence-electron chi connectivity index (χ1n) is 8.14. The van der Waals surface area contributed by atoms with E-state index in [1.165, 1.54) is 6.08 Å². The molecule has 1 fully saturated rings. The molecule has 1 saturated heterocycles. The number of urea groups is 1. The Hall–Kier alpha value is -2.51. The van der Waals surface area contributed by atoms with Crippen molar-refractivity contribution in [2.75, 3.05) is 6.61 Å². The number of hydrogen-bond donors (Lipinski definition) is 2. The molecule has 2 N–H and O–H groups in total. The van der Waals surface area contributed by atoms with Crippen molar-refractivity contribution >= 4 is 45.5 Å². The molecule has 0 saturated carbocycles. The smallest absolute Gasteiger partial charge is 0.326 e. The molecular weight excluding hydrogens is 436 g/mol. The SMILES string of the molecule is CCOc1cc(/C=C2/NC(=O)NC2=O)cc(Cl)c1OCc1ccc(Br)cc1. The van der Waals surface area contributed by atoms with Crippen LogP contribution < -0.4 is 20.1 Å². The molecule has 27 heavy (non-hydrogen) atoms. The van der Waals surface area contributed by atoms with Crippen molar-refractivity contribution in [3.63, 3.8) is 0 Å². The number of halogens is 2. The summed E-state index contributed by atoms with van der Waals surface area (Å²) in [6, 6.07) is 10.5. The van der Waals surface area contributed by atoms with Crippen LogP contribution in [0.5, 0.6) is 11.5 Å². The highest BCUT2D eigenvalue weighted by Gasteiger charge is 2.23. The van der Waals surface area contributed by atoms with Gasteiger partial charge in [-0.1, -0.05) is 39.7 Å². The van der Waals surface area contributed by atoms with Gasteiger partial charge in [0.2, 0.25) is 0 Å². The molecular formula is C19H16BrClN2O4. The number of amides is 3. The molecule has 3 amide bonds. The summed E-state index contributed by atoms with van der Waals surface area (Å²) in [6.45, 7) is 2.59. The van der Waals surface area contributed by atoms with Crippen LogP contribution in [0.25, 0.3) is 6.08 Å². The van der Waals surface area contributed by atoms with Gasteiger partial charge < -0.3 is 14.8 Å². The average molecular weight is 452 g/mol. The van der Waals surface area contributed by atoms with Crippen molar-refractivity contribution in [3.05, 3.63) is 62.7 Å². The summed E-state index contributed by atoms with van der Waals surface area (Å²) in [5, 5.41) is 4.92. The lowest BCUT2D eigenvalue weighted by Crippen LogP contribution is -2.22. The summed E-state index contributed by atoms with van der Waals surface area (Å²) in [5.74, 6) is 0.381. The fourth-order valence-electron chi connectivity index (χ4n) is 2.46. The number of nitrogens with one attached hydrogen (secondary N) is 2. The van der Waals surface area contributed by atoms with Gasteiger partial charge in [0, 0.05) is 4.47 Å². The molecule has 6 nitrogen and oxygen atoms in total. The first-order valence-corrected chi connectivity index (χ1v) is 9.31. The highest BCUT2D eigenvalue weighted by atomic mass is 79.9. The van der Waals surface area contributed by atoms with Crippen molar-refractivity contribution in [3.8, 4) is 11.5 Å². The number of hydrogen-bond acceptors (Lipinski definition) is 4. The van der Waals surface area contributed by atoms with Gasteiger partial charge in [-0.05, 0) is 48.4 Å². The third kappa shape index (κ3) is 4.81. The van der Waals surface area contributed by atoms with Crippen LogP contribution in [-0.2, 0) is 11.4 Å². The molecule has 0 bridgehead atoms. The molecule has 1 heterocycles. The number of ether oxygens (including phenoxy) is 2. The largest absolute Gasteiger partial charge is 0.490 e. The Balaban J connectivity index is 1.85. The Bertz CT molecular complexity index is 913. The molecule has 140 valence electrons. The number of carbonyl (C=O) groups is 2. The van der Waals surface area contributed by atoms with Crippen LogP contribution in [-0.4, -0.2) is 18.5 Å². The van der Waals surface area contributed by atoms with Gasteiger partial charge in [0.1, 0.15) is 12.3 Å². The lowest BCUT2D eigenvalue weighted by Gasteiger charge is -2.15. The van der Waals surface area contributed by atoms with Crippen molar-refractivity contribution in [1.82, 2.24) is 10.6 Å². The summed E-state index contributed by atoms with van der Waals surface area (Å²) in [5.41, 5.74) is 1.72. The fourth-order valence-corrected chi connectivity index (χ4v) is 3.00. The molecule has 1 aliphatic rings. The van der Waals surface area contributed by atoms with E-state index < -0.39 is 11.9 Å². The van der Waals surface area contributed by atoms with E-state index in [0.29, 0.717) is 35.3 Å². The molecule has 0 atom stereocenters. The minimum atomic E-state index is -0.558. The van der Waals surface area contributed by atoms with Crippen LogP contribution in [0.4, 0.5) is 4.79 Å². The normalized spacial score (nSPS) is 14.9. The van der Waals surface area contributed by atoms with Crippen molar-refractivity contribution < 1.29 is 19.1 Å². The minimum absolute atomic E-state index is 0.141. The Morgan fingerprint density at radius 3 is 2.48 bits per heavy atom. The number of benzene rings is 2. The van der Waals surface area contributed by atoms with E-state index in [2.05, 4.69) is 26.6 Å². The summed E-state index contributed by atoms with van der Waals surface area (Å²) in [4.78, 5) is 22.9. The highest BCUT2D eigenvalue weighted by Crippen LogP contribution is 2.38. The molecule has 0 aliphatic carbocycles. The van der Waals surface area contributed by atoms with Gasteiger partial charge in [0.25, 0.3) is 5.91 Å². The number of carbonyl (C=O) groups excluding carboxylic acids is 2. The van der Waals surface area contributed by atoms with Crippen molar-refractivity contribution in [2.24, 2.45) is 0 Å². The monoisotopic (exact) mass is 450 g/mol. The van der Waals surface area contributed by atoms with Gasteiger partial charge in [-0.3, -0.25) is 10.1 Å². The van der Waals surface area contributed by atoms with E-state index >= 15 is 0 Å². The van der Waals surface area contributed by atoms with E-state index in [1.807, 2.05) is 31.2 Å². The maximum atomic E-state index is 11.7. The maximum absolute atomic E-state index is 11.7. The Morgan fingerprint density at radius 2 is 1.85 bits per heavy atom. The lowest BCUT2D eigenvalue weighted by atomic mass is 10.1. The third-order valence-electron chi connectivity index (χ3n) is 3.66. The van der Waals surface area contributed by atoms with E-state index in [9.17, 15) is 9.59 Å². The second kappa shape index (κ2) is 8.45. The first-order chi connectivity index (χ1) is 13.0. The zero-order chi connectivity index (χ0) is 19.4. The molecule has 1 aliphatic heterocycles. The molecule has 0 spiro atoms. The van der Waals surface area contributed by atoms with Gasteiger partial charge in [0.05, 0.1) is 11.6 Å². The van der Waals surface area contributed by atoms with Crippen LogP contribution in [0.2, 0.25) is 5.02 Å². The lowest BCUT2D eigenvalue weighted by molar-refractivity contribution is -0.115. The van der Waals surface area contributed by atoms with Crippen LogP contribution in [0.3, 0.4) is 0 Å². The second-order valence-electron chi connectivity index (χ2n) is 5.64. The highest BCUT2D eigenvalue weighted by molar-refractivity contribution is 9.10. The summed E-state index contributed by atoms with van der Waals surface area (Å²) in [6.07, 6.45) is 1.52. The average Bonchev–Trinajstić information content (AvgIpc) is 2.93. The minimum Gasteiger partial charge on any atom is -0.490 e. The molecule has 0 aromatic heterocycles. The molecule has 2 aromatic rings. The summed E-state index contributed by atoms with van der Waals surface area (Å²) < 4.78 is 12.5. The molecule has 8 heteroatoms. The van der Waals surface area contributed by atoms with E-state index in [-0.39, 0.29) is 5.70 Å². The van der Waals surface area contributed by atoms with Gasteiger partial charge in [-0.15, -0.1) is 0 Å². The Labute approximate surface area is 169 Å². The fraction of sp³-hybridized carbons (Fsp3) is 0.158. The quantitative estimate of drug-likeness (QED) is 0.508. The molecule has 2 aromatic carbocycles. The molecule has 0 unspecified atom stereocenters. The first kappa shape index (κ1) is 19.3. The Kier molecular flexibility index (Phi) is 6.03. The molecule has 3 rings (SSSR count). The summed E-state index contributed by atoms with van der Waals surface area (Å²) in [7, 11) is 0. The van der Waals surface area contributed by atoms with E-state index in [1.54, 1.807) is 12.1 Å². The van der Waals surface area contributed by atoms with Gasteiger partial charge in [0.15, 0.2) is 11.5 Å². The standard InChI is InChI=1S/C19H16BrClN2O4/c1-2-26-16-9-12(8-15-18(24)23-19(25)22-15)7-14(21)17(16)27-10-11-3-5-13(20)6-4-11/h3-9H,2,10H2,1H3,(H2,22,23,24,25)/b15-8+. The van der Waals surface area contributed by atoms with Crippen LogP contribution in [0.15, 0.2) is 46.6 Å². The zero-order valence-electron chi connectivity index (χ0n) is 14.3. The number of imide groups is 1. The van der Waals surface area contributed by atoms with Crippen LogP contribution in [0, 0.1) is 0 Å². The van der Waals surface area contributed by atoms with Gasteiger partial charge in [-0.25, -0.2) is 4.79 Å². The third-order valence-corrected chi connectivity index (χ3v) is 4.47.